The third kappa shape index (κ3) is 4.45. The number of hydrogen-bond acceptors (Lipinski definition) is 5. The fraction of sp³-hybridized carbons (Fsp3) is 0.400. The van der Waals surface area contributed by atoms with Crippen molar-refractivity contribution in [3.05, 3.63) is 54.6 Å². The largest absolute Gasteiger partial charge is 0.372 e. The third-order valence-corrected chi connectivity index (χ3v) is 5.10. The number of aryl methyl sites for hydroxylation is 1. The summed E-state index contributed by atoms with van der Waals surface area (Å²) < 4.78 is 9.64. The van der Waals surface area contributed by atoms with Gasteiger partial charge in [0.15, 0.2) is 0 Å². The van der Waals surface area contributed by atoms with Crippen LogP contribution in [-0.4, -0.2) is 44.0 Å². The number of aromatic nitrogens is 5. The summed E-state index contributed by atoms with van der Waals surface area (Å²) in [4.78, 5) is 12.5. The van der Waals surface area contributed by atoms with E-state index in [4.69, 9.17) is 4.74 Å². The summed E-state index contributed by atoms with van der Waals surface area (Å²) in [6.45, 7) is 4.13. The summed E-state index contributed by atoms with van der Waals surface area (Å²) in [7, 11) is 0. The van der Waals surface area contributed by atoms with Crippen molar-refractivity contribution in [1.29, 1.82) is 0 Å². The van der Waals surface area contributed by atoms with Crippen molar-refractivity contribution in [2.75, 3.05) is 18.5 Å². The van der Waals surface area contributed by atoms with Crippen molar-refractivity contribution in [2.24, 2.45) is 5.92 Å². The Morgan fingerprint density at radius 3 is 3.07 bits per heavy atom. The Morgan fingerprint density at radius 1 is 1.31 bits per heavy atom. The van der Waals surface area contributed by atoms with E-state index in [1.54, 1.807) is 23.3 Å². The molecule has 2 N–H and O–H groups in total. The van der Waals surface area contributed by atoms with E-state index in [1.807, 2.05) is 35.0 Å². The summed E-state index contributed by atoms with van der Waals surface area (Å²) in [5, 5.41) is 18.0. The van der Waals surface area contributed by atoms with Gasteiger partial charge in [-0.15, -0.1) is 5.10 Å². The molecular formula is C20H25N7O2. The molecule has 0 unspecified atom stereocenters. The Bertz CT molecular complexity index is 938. The lowest BCUT2D eigenvalue weighted by atomic mass is 9.92. The first-order chi connectivity index (χ1) is 14.2. The second kappa shape index (κ2) is 8.87. The van der Waals surface area contributed by atoms with Crippen LogP contribution in [0.3, 0.4) is 0 Å². The van der Waals surface area contributed by atoms with Crippen LogP contribution in [0.15, 0.2) is 48.9 Å². The number of nitrogens with zero attached hydrogens (tertiary/aromatic N) is 5. The fourth-order valence-corrected chi connectivity index (χ4v) is 3.70. The standard InChI is InChI=1S/C20H25N7O2/c1-2-26-18(8-9-23-26)19-15(5-4-12-29-19)14-21-20(28)24-16-6-3-7-17(13-16)27-11-10-22-25-27/h3,6-11,13,15,19H,2,4-5,12,14H2,1H3,(H2,21,24,28)/t15-,19+/m0/s1. The first-order valence-corrected chi connectivity index (χ1v) is 9.89. The predicted octanol–water partition coefficient (Wildman–Crippen LogP) is 2.77. The Balaban J connectivity index is 1.37. The molecule has 2 amide bonds. The van der Waals surface area contributed by atoms with E-state index in [9.17, 15) is 4.79 Å². The van der Waals surface area contributed by atoms with Gasteiger partial charge >= 0.3 is 6.03 Å². The zero-order chi connectivity index (χ0) is 20.1. The van der Waals surface area contributed by atoms with E-state index in [0.29, 0.717) is 12.2 Å². The first kappa shape index (κ1) is 19.1. The van der Waals surface area contributed by atoms with Crippen molar-refractivity contribution in [2.45, 2.75) is 32.4 Å². The Kier molecular flexibility index (Phi) is 5.85. The van der Waals surface area contributed by atoms with Gasteiger partial charge in [0.25, 0.3) is 0 Å². The van der Waals surface area contributed by atoms with E-state index < -0.39 is 0 Å². The molecule has 4 rings (SSSR count). The van der Waals surface area contributed by atoms with Gasteiger partial charge in [0, 0.05) is 37.5 Å². The zero-order valence-corrected chi connectivity index (χ0v) is 16.4. The number of hydrogen-bond donors (Lipinski definition) is 2. The van der Waals surface area contributed by atoms with Crippen molar-refractivity contribution < 1.29 is 9.53 Å². The maximum Gasteiger partial charge on any atom is 0.319 e. The molecule has 2 atom stereocenters. The van der Waals surface area contributed by atoms with Crippen molar-refractivity contribution in [1.82, 2.24) is 30.1 Å². The molecule has 0 spiro atoms. The molecule has 3 heterocycles. The normalized spacial score (nSPS) is 19.1. The van der Waals surface area contributed by atoms with E-state index >= 15 is 0 Å². The highest BCUT2D eigenvalue weighted by Crippen LogP contribution is 2.33. The molecule has 1 aromatic carbocycles. The summed E-state index contributed by atoms with van der Waals surface area (Å²) in [5.74, 6) is 0.206. The van der Waals surface area contributed by atoms with E-state index in [0.717, 1.165) is 37.4 Å². The SMILES string of the molecule is CCn1nccc1[C@@H]1OCCC[C@H]1CNC(=O)Nc1cccc(-n2ccnn2)c1. The van der Waals surface area contributed by atoms with Gasteiger partial charge in [-0.3, -0.25) is 4.68 Å². The minimum atomic E-state index is -0.242. The molecule has 1 fully saturated rings. The van der Waals surface area contributed by atoms with Crippen LogP contribution in [0.2, 0.25) is 0 Å². The van der Waals surface area contributed by atoms with Gasteiger partial charge in [-0.25, -0.2) is 9.48 Å². The molecule has 2 aromatic heterocycles. The Hall–Kier alpha value is -3.20. The van der Waals surface area contributed by atoms with Crippen LogP contribution < -0.4 is 10.6 Å². The minimum absolute atomic E-state index is 0.0536. The number of nitrogens with one attached hydrogen (secondary N) is 2. The predicted molar refractivity (Wildman–Crippen MR) is 108 cm³/mol. The van der Waals surface area contributed by atoms with Gasteiger partial charge in [-0.05, 0) is 44.0 Å². The second-order valence-corrected chi connectivity index (χ2v) is 7.00. The van der Waals surface area contributed by atoms with Crippen LogP contribution in [0.4, 0.5) is 10.5 Å². The van der Waals surface area contributed by atoms with Crippen molar-refractivity contribution >= 4 is 11.7 Å². The lowest BCUT2D eigenvalue weighted by Crippen LogP contribution is -2.37. The molecular weight excluding hydrogens is 370 g/mol. The summed E-state index contributed by atoms with van der Waals surface area (Å²) in [6, 6.07) is 9.21. The molecule has 0 aliphatic carbocycles. The van der Waals surface area contributed by atoms with Gasteiger partial charge in [0.05, 0.1) is 23.8 Å². The van der Waals surface area contributed by atoms with Gasteiger partial charge in [-0.2, -0.15) is 5.10 Å². The fourth-order valence-electron chi connectivity index (χ4n) is 3.70. The number of anilines is 1. The van der Waals surface area contributed by atoms with Gasteiger partial charge < -0.3 is 15.4 Å². The number of rotatable bonds is 6. The second-order valence-electron chi connectivity index (χ2n) is 7.00. The quantitative estimate of drug-likeness (QED) is 0.669. The average Bonchev–Trinajstić information content (AvgIpc) is 3.44. The van der Waals surface area contributed by atoms with Crippen LogP contribution >= 0.6 is 0 Å². The lowest BCUT2D eigenvalue weighted by Gasteiger charge is -2.32. The van der Waals surface area contributed by atoms with Crippen molar-refractivity contribution in [3.63, 3.8) is 0 Å². The molecule has 0 radical (unpaired) electrons. The Labute approximate surface area is 169 Å². The molecule has 1 aliphatic heterocycles. The van der Waals surface area contributed by atoms with Crippen LogP contribution in [-0.2, 0) is 11.3 Å². The number of carbonyl (C=O) groups excluding carboxylic acids is 1. The smallest absolute Gasteiger partial charge is 0.319 e. The maximum absolute atomic E-state index is 12.5. The number of benzene rings is 1. The van der Waals surface area contributed by atoms with Crippen LogP contribution in [0.1, 0.15) is 31.6 Å². The highest BCUT2D eigenvalue weighted by molar-refractivity contribution is 5.89. The molecule has 3 aromatic rings. The van der Waals surface area contributed by atoms with Crippen LogP contribution in [0.5, 0.6) is 0 Å². The summed E-state index contributed by atoms with van der Waals surface area (Å²) >= 11 is 0. The maximum atomic E-state index is 12.5. The number of carbonyl (C=O) groups is 1. The average molecular weight is 395 g/mol. The summed E-state index contributed by atoms with van der Waals surface area (Å²) in [5.41, 5.74) is 2.59. The Morgan fingerprint density at radius 2 is 2.24 bits per heavy atom. The third-order valence-electron chi connectivity index (χ3n) is 5.10. The number of ether oxygens (including phenoxy) is 1. The van der Waals surface area contributed by atoms with Crippen LogP contribution in [0, 0.1) is 5.92 Å². The van der Waals surface area contributed by atoms with Gasteiger partial charge in [0.2, 0.25) is 0 Å². The van der Waals surface area contributed by atoms with Crippen LogP contribution in [0.25, 0.3) is 5.69 Å². The number of amides is 2. The molecule has 1 aliphatic rings. The molecule has 0 bridgehead atoms. The van der Waals surface area contributed by atoms with E-state index in [-0.39, 0.29) is 18.1 Å². The minimum Gasteiger partial charge on any atom is -0.372 e. The molecule has 0 saturated carbocycles. The number of urea groups is 1. The topological polar surface area (TPSA) is 98.9 Å². The highest BCUT2D eigenvalue weighted by atomic mass is 16.5. The van der Waals surface area contributed by atoms with E-state index in [1.165, 1.54) is 0 Å². The monoisotopic (exact) mass is 395 g/mol. The highest BCUT2D eigenvalue weighted by Gasteiger charge is 2.30. The molecule has 29 heavy (non-hydrogen) atoms. The lowest BCUT2D eigenvalue weighted by molar-refractivity contribution is -0.0317. The van der Waals surface area contributed by atoms with E-state index in [2.05, 4.69) is 33.0 Å². The van der Waals surface area contributed by atoms with Gasteiger partial charge in [0.1, 0.15) is 6.10 Å². The molecule has 9 heteroatoms. The zero-order valence-electron chi connectivity index (χ0n) is 16.4. The first-order valence-electron chi connectivity index (χ1n) is 9.89. The molecule has 152 valence electrons. The molecule has 1 saturated heterocycles. The van der Waals surface area contributed by atoms with Crippen molar-refractivity contribution in [3.8, 4) is 5.69 Å². The molecule has 9 nitrogen and oxygen atoms in total. The van der Waals surface area contributed by atoms with Gasteiger partial charge in [-0.1, -0.05) is 11.3 Å². The summed E-state index contributed by atoms with van der Waals surface area (Å²) in [6.07, 6.45) is 7.10.